The first kappa shape index (κ1) is 9.65. The summed E-state index contributed by atoms with van der Waals surface area (Å²) in [5, 5.41) is 0. The summed E-state index contributed by atoms with van der Waals surface area (Å²) < 4.78 is 0. The molecule has 0 aromatic heterocycles. The van der Waals surface area contributed by atoms with Crippen LogP contribution in [0.2, 0.25) is 0 Å². The van der Waals surface area contributed by atoms with Crippen LogP contribution in [0, 0.1) is 6.92 Å². The lowest BCUT2D eigenvalue weighted by Crippen LogP contribution is -1.98. The lowest BCUT2D eigenvalue weighted by atomic mass is 10.1. The quantitative estimate of drug-likeness (QED) is 0.520. The molecule has 0 N–H and O–H groups in total. The Morgan fingerprint density at radius 1 is 1.31 bits per heavy atom. The maximum Gasteiger partial charge on any atom is 0.163 e. The van der Waals surface area contributed by atoms with Gasteiger partial charge >= 0.3 is 0 Å². The Balaban J connectivity index is 2.66. The first-order chi connectivity index (χ1) is 6.24. The Morgan fingerprint density at radius 3 is 2.46 bits per heavy atom. The van der Waals surface area contributed by atoms with E-state index in [4.69, 9.17) is 0 Å². The summed E-state index contributed by atoms with van der Waals surface area (Å²) in [4.78, 5) is 21.4. The van der Waals surface area contributed by atoms with E-state index in [2.05, 4.69) is 0 Å². The van der Waals surface area contributed by atoms with Crippen LogP contribution in [0.5, 0.6) is 0 Å². The largest absolute Gasteiger partial charge is 0.303 e. The van der Waals surface area contributed by atoms with Crippen LogP contribution < -0.4 is 0 Å². The molecule has 13 heavy (non-hydrogen) atoms. The van der Waals surface area contributed by atoms with Crippen LogP contribution in [-0.2, 0) is 4.79 Å². The maximum absolute atomic E-state index is 11.4. The Bertz CT molecular complexity index is 298. The number of rotatable bonds is 4. The lowest BCUT2D eigenvalue weighted by molar-refractivity contribution is -0.107. The van der Waals surface area contributed by atoms with Crippen LogP contribution in [0.4, 0.5) is 0 Å². The predicted molar refractivity (Wildman–Crippen MR) is 50.8 cm³/mol. The lowest BCUT2D eigenvalue weighted by Gasteiger charge is -1.98. The van der Waals surface area contributed by atoms with E-state index in [0.29, 0.717) is 18.4 Å². The van der Waals surface area contributed by atoms with E-state index in [1.165, 1.54) is 0 Å². The molecule has 0 radical (unpaired) electrons. The maximum atomic E-state index is 11.4. The third kappa shape index (κ3) is 2.82. The van der Waals surface area contributed by atoms with Crippen LogP contribution >= 0.6 is 0 Å². The molecule has 0 atom stereocenters. The van der Waals surface area contributed by atoms with E-state index in [-0.39, 0.29) is 5.78 Å². The topological polar surface area (TPSA) is 34.1 Å². The second-order valence-corrected chi connectivity index (χ2v) is 2.99. The Labute approximate surface area is 77.6 Å². The van der Waals surface area contributed by atoms with E-state index in [1.807, 2.05) is 19.1 Å². The molecule has 68 valence electrons. The number of hydrogen-bond acceptors (Lipinski definition) is 2. The summed E-state index contributed by atoms with van der Waals surface area (Å²) in [5.74, 6) is 0.0344. The average Bonchev–Trinajstić information content (AvgIpc) is 2.15. The van der Waals surface area contributed by atoms with Gasteiger partial charge in [-0.25, -0.2) is 0 Å². The van der Waals surface area contributed by atoms with Gasteiger partial charge in [0.25, 0.3) is 0 Å². The van der Waals surface area contributed by atoms with Crippen molar-refractivity contribution in [3.8, 4) is 0 Å². The molecule has 0 saturated heterocycles. The van der Waals surface area contributed by atoms with Gasteiger partial charge in [-0.3, -0.25) is 4.79 Å². The molecule has 1 aromatic rings. The summed E-state index contributed by atoms with van der Waals surface area (Å²) >= 11 is 0. The highest BCUT2D eigenvalue weighted by molar-refractivity contribution is 5.96. The summed E-state index contributed by atoms with van der Waals surface area (Å²) in [7, 11) is 0. The van der Waals surface area contributed by atoms with E-state index in [0.717, 1.165) is 11.8 Å². The number of carbonyl (C=O) groups is 2. The van der Waals surface area contributed by atoms with Crippen LogP contribution in [-0.4, -0.2) is 12.1 Å². The fourth-order valence-electron chi connectivity index (χ4n) is 1.07. The summed E-state index contributed by atoms with van der Waals surface area (Å²) in [5.41, 5.74) is 1.82. The third-order valence-corrected chi connectivity index (χ3v) is 1.86. The number of benzene rings is 1. The Kier molecular flexibility index (Phi) is 3.38. The molecule has 0 aliphatic carbocycles. The van der Waals surface area contributed by atoms with Crippen molar-refractivity contribution in [3.05, 3.63) is 35.4 Å². The highest BCUT2D eigenvalue weighted by Gasteiger charge is 2.03. The Hall–Kier alpha value is -1.44. The van der Waals surface area contributed by atoms with Crippen molar-refractivity contribution in [2.24, 2.45) is 0 Å². The van der Waals surface area contributed by atoms with E-state index in [9.17, 15) is 9.59 Å². The molecule has 0 bridgehead atoms. The molecule has 0 spiro atoms. The second kappa shape index (κ2) is 4.55. The highest BCUT2D eigenvalue weighted by Crippen LogP contribution is 2.06. The van der Waals surface area contributed by atoms with Crippen LogP contribution in [0.1, 0.15) is 28.8 Å². The van der Waals surface area contributed by atoms with Crippen molar-refractivity contribution < 1.29 is 9.59 Å². The number of aryl methyl sites for hydroxylation is 1. The van der Waals surface area contributed by atoms with Gasteiger partial charge in [-0.2, -0.15) is 0 Å². The van der Waals surface area contributed by atoms with Crippen LogP contribution in [0.15, 0.2) is 24.3 Å². The van der Waals surface area contributed by atoms with Crippen molar-refractivity contribution in [3.63, 3.8) is 0 Å². The third-order valence-electron chi connectivity index (χ3n) is 1.86. The molecule has 0 aliphatic heterocycles. The summed E-state index contributed by atoms with van der Waals surface area (Å²) in [6.45, 7) is 1.97. The van der Waals surface area contributed by atoms with Gasteiger partial charge in [0.15, 0.2) is 5.78 Å². The fraction of sp³-hybridized carbons (Fsp3) is 0.273. The zero-order valence-corrected chi connectivity index (χ0v) is 7.62. The second-order valence-electron chi connectivity index (χ2n) is 2.99. The van der Waals surface area contributed by atoms with Crippen LogP contribution in [0.3, 0.4) is 0 Å². The molecule has 0 aliphatic rings. The van der Waals surface area contributed by atoms with Gasteiger partial charge < -0.3 is 4.79 Å². The van der Waals surface area contributed by atoms with Gasteiger partial charge in [-0.1, -0.05) is 29.8 Å². The number of aldehydes is 1. The van der Waals surface area contributed by atoms with Crippen molar-refractivity contribution in [2.75, 3.05) is 0 Å². The van der Waals surface area contributed by atoms with Crippen molar-refractivity contribution >= 4 is 12.1 Å². The van der Waals surface area contributed by atoms with Gasteiger partial charge in [0.05, 0.1) is 0 Å². The minimum Gasteiger partial charge on any atom is -0.303 e. The minimum atomic E-state index is 0.0344. The van der Waals surface area contributed by atoms with Crippen molar-refractivity contribution in [1.82, 2.24) is 0 Å². The monoisotopic (exact) mass is 176 g/mol. The summed E-state index contributed by atoms with van der Waals surface area (Å²) in [6.07, 6.45) is 1.39. The molecular weight excluding hydrogens is 164 g/mol. The van der Waals surface area contributed by atoms with E-state index >= 15 is 0 Å². The average molecular weight is 176 g/mol. The molecule has 0 saturated carbocycles. The van der Waals surface area contributed by atoms with Gasteiger partial charge in [0, 0.05) is 18.4 Å². The normalized spacial score (nSPS) is 9.62. The molecule has 0 amide bonds. The molecule has 2 heteroatoms. The number of hydrogen-bond donors (Lipinski definition) is 0. The molecule has 0 unspecified atom stereocenters. The zero-order valence-electron chi connectivity index (χ0n) is 7.62. The number of ketones is 1. The molecule has 0 fully saturated rings. The van der Waals surface area contributed by atoms with Crippen molar-refractivity contribution in [2.45, 2.75) is 19.8 Å². The number of Topliss-reactive ketones (excluding diaryl/α,β-unsaturated/α-hetero) is 1. The molecule has 1 rings (SSSR count). The van der Waals surface area contributed by atoms with Crippen molar-refractivity contribution in [1.29, 1.82) is 0 Å². The van der Waals surface area contributed by atoms with E-state index in [1.54, 1.807) is 12.1 Å². The first-order valence-electron chi connectivity index (χ1n) is 4.27. The predicted octanol–water partition coefficient (Wildman–Crippen LogP) is 2.16. The highest BCUT2D eigenvalue weighted by atomic mass is 16.1. The van der Waals surface area contributed by atoms with Gasteiger partial charge in [-0.15, -0.1) is 0 Å². The fourth-order valence-corrected chi connectivity index (χ4v) is 1.07. The Morgan fingerprint density at radius 2 is 1.92 bits per heavy atom. The smallest absolute Gasteiger partial charge is 0.163 e. The standard InChI is InChI=1S/C11H12O2/c1-9-4-6-10(7-5-9)11(13)3-2-8-12/h4-8H,2-3H2,1H3. The molecule has 1 aromatic carbocycles. The molecule has 0 heterocycles. The van der Waals surface area contributed by atoms with E-state index < -0.39 is 0 Å². The molecule has 2 nitrogen and oxygen atoms in total. The van der Waals surface area contributed by atoms with Gasteiger partial charge in [0.2, 0.25) is 0 Å². The zero-order chi connectivity index (χ0) is 9.68. The minimum absolute atomic E-state index is 0.0344. The van der Waals surface area contributed by atoms with Gasteiger partial charge in [0.1, 0.15) is 6.29 Å². The summed E-state index contributed by atoms with van der Waals surface area (Å²) in [6, 6.07) is 7.38. The number of carbonyl (C=O) groups excluding carboxylic acids is 2. The van der Waals surface area contributed by atoms with Crippen LogP contribution in [0.25, 0.3) is 0 Å². The first-order valence-corrected chi connectivity index (χ1v) is 4.27. The SMILES string of the molecule is Cc1ccc(C(=O)CCC=O)cc1. The van der Waals surface area contributed by atoms with Gasteiger partial charge in [-0.05, 0) is 6.92 Å². The molecular formula is C11H12O2.